The van der Waals surface area contributed by atoms with E-state index >= 15 is 0 Å². The summed E-state index contributed by atoms with van der Waals surface area (Å²) < 4.78 is 6.39. The van der Waals surface area contributed by atoms with Gasteiger partial charge >= 0.3 is 0 Å². The van der Waals surface area contributed by atoms with Crippen molar-refractivity contribution in [3.05, 3.63) is 50.1 Å². The highest BCUT2D eigenvalue weighted by Crippen LogP contribution is 2.78. The molecule has 1 unspecified atom stereocenters. The van der Waals surface area contributed by atoms with Gasteiger partial charge in [0.2, 0.25) is 5.91 Å². The van der Waals surface area contributed by atoms with E-state index < -0.39 is 11.0 Å². The van der Waals surface area contributed by atoms with Gasteiger partial charge in [-0.15, -0.1) is 11.3 Å². The van der Waals surface area contributed by atoms with Crippen LogP contribution in [0.5, 0.6) is 5.75 Å². The smallest absolute Gasteiger partial charge is 0.242 e. The first-order valence-electron chi connectivity index (χ1n) is 8.03. The molecule has 1 fully saturated rings. The molecule has 2 aromatic rings. The SMILES string of the molecule is COc1ccc2c(c1)CC1[C@]3(c4ccc(Br)s4)N=C(N)N(C)C(=O)[C@@]213. The lowest BCUT2D eigenvalue weighted by atomic mass is 9.85. The van der Waals surface area contributed by atoms with Gasteiger partial charge in [0.15, 0.2) is 5.96 Å². The standard InChI is InChI=1S/C18H16BrN3O2S/c1-22-15(23)17-11-4-3-10(24-2)7-9(11)8-12(17)18(17,21-16(22)20)13-5-6-14(19)25-13/h3-7,12H,8H2,1-2H3,(H2,20,21)/t12?,17-,18-/m1/s1. The summed E-state index contributed by atoms with van der Waals surface area (Å²) in [5, 5.41) is 0. The number of halogens is 1. The predicted octanol–water partition coefficient (Wildman–Crippen LogP) is 2.63. The van der Waals surface area contributed by atoms with Gasteiger partial charge in [-0.2, -0.15) is 0 Å². The molecule has 128 valence electrons. The molecule has 0 bridgehead atoms. The molecular weight excluding hydrogens is 402 g/mol. The quantitative estimate of drug-likeness (QED) is 0.816. The number of amides is 1. The molecule has 5 rings (SSSR count). The highest BCUT2D eigenvalue weighted by Gasteiger charge is 2.87. The number of rotatable bonds is 2. The number of ether oxygens (including phenoxy) is 1. The molecule has 1 amide bonds. The zero-order valence-electron chi connectivity index (χ0n) is 13.7. The zero-order chi connectivity index (χ0) is 17.6. The highest BCUT2D eigenvalue weighted by molar-refractivity contribution is 9.11. The second-order valence-corrected chi connectivity index (χ2v) is 9.26. The Morgan fingerprint density at radius 2 is 2.20 bits per heavy atom. The van der Waals surface area contributed by atoms with Crippen molar-refractivity contribution in [1.82, 2.24) is 4.90 Å². The maximum atomic E-state index is 13.4. The summed E-state index contributed by atoms with van der Waals surface area (Å²) in [6, 6.07) is 10.1. The topological polar surface area (TPSA) is 67.9 Å². The van der Waals surface area contributed by atoms with E-state index in [0.29, 0.717) is 5.96 Å². The number of nitrogens with two attached hydrogens (primary N) is 1. The first-order valence-corrected chi connectivity index (χ1v) is 9.64. The fourth-order valence-corrected chi connectivity index (χ4v) is 6.50. The number of thiophene rings is 1. The van der Waals surface area contributed by atoms with Gasteiger partial charge in [0.05, 0.1) is 10.9 Å². The van der Waals surface area contributed by atoms with Gasteiger partial charge in [-0.25, -0.2) is 4.99 Å². The molecule has 0 saturated heterocycles. The van der Waals surface area contributed by atoms with E-state index in [2.05, 4.69) is 22.0 Å². The van der Waals surface area contributed by atoms with E-state index in [1.54, 1.807) is 25.5 Å². The normalized spacial score (nSPS) is 32.0. The highest BCUT2D eigenvalue weighted by atomic mass is 79.9. The van der Waals surface area contributed by atoms with Crippen LogP contribution in [-0.2, 0) is 22.2 Å². The van der Waals surface area contributed by atoms with E-state index in [9.17, 15) is 4.79 Å². The molecule has 1 aromatic heterocycles. The fourth-order valence-electron chi connectivity index (χ4n) is 4.86. The number of carbonyl (C=O) groups excluding carboxylic acids is 1. The minimum absolute atomic E-state index is 0.0402. The van der Waals surface area contributed by atoms with Gasteiger partial charge in [0, 0.05) is 17.8 Å². The van der Waals surface area contributed by atoms with Crippen LogP contribution < -0.4 is 10.5 Å². The number of likely N-dealkylation sites (N-methyl/N-ethyl adjacent to an activating group) is 1. The Labute approximate surface area is 157 Å². The summed E-state index contributed by atoms with van der Waals surface area (Å²) in [7, 11) is 3.37. The summed E-state index contributed by atoms with van der Waals surface area (Å²) in [5.41, 5.74) is 7.14. The Kier molecular flexibility index (Phi) is 2.86. The first-order chi connectivity index (χ1) is 12.0. The van der Waals surface area contributed by atoms with Crippen LogP contribution in [0.25, 0.3) is 0 Å². The minimum Gasteiger partial charge on any atom is -0.497 e. The van der Waals surface area contributed by atoms with Crippen molar-refractivity contribution in [2.45, 2.75) is 17.4 Å². The summed E-state index contributed by atoms with van der Waals surface area (Å²) in [6.45, 7) is 0. The zero-order valence-corrected chi connectivity index (χ0v) is 16.1. The molecule has 3 aliphatic rings. The van der Waals surface area contributed by atoms with E-state index in [0.717, 1.165) is 26.4 Å². The number of nitrogens with zero attached hydrogens (tertiary/aromatic N) is 2. The molecule has 2 heterocycles. The molecule has 1 spiro atoms. The Bertz CT molecular complexity index is 971. The van der Waals surface area contributed by atoms with Gasteiger partial charge in [-0.3, -0.25) is 9.69 Å². The number of guanidine groups is 1. The van der Waals surface area contributed by atoms with Crippen LogP contribution in [0.4, 0.5) is 0 Å². The summed E-state index contributed by atoms with van der Waals surface area (Å²) in [5.74, 6) is 1.26. The van der Waals surface area contributed by atoms with E-state index in [4.69, 9.17) is 15.5 Å². The summed E-state index contributed by atoms with van der Waals surface area (Å²) in [6.07, 6.45) is 0.804. The van der Waals surface area contributed by atoms with Crippen molar-refractivity contribution in [2.75, 3.05) is 14.2 Å². The van der Waals surface area contributed by atoms with Gasteiger partial charge in [-0.05, 0) is 57.7 Å². The largest absolute Gasteiger partial charge is 0.497 e. The maximum Gasteiger partial charge on any atom is 0.242 e. The van der Waals surface area contributed by atoms with E-state index in [1.165, 1.54) is 10.5 Å². The molecule has 1 aromatic carbocycles. The lowest BCUT2D eigenvalue weighted by Crippen LogP contribution is -2.51. The third kappa shape index (κ3) is 1.55. The number of methoxy groups -OCH3 is 1. The Morgan fingerprint density at radius 3 is 2.88 bits per heavy atom. The number of fused-ring (bicyclic) bond motifs is 2. The van der Waals surface area contributed by atoms with Crippen molar-refractivity contribution in [2.24, 2.45) is 16.6 Å². The molecule has 7 heteroatoms. The number of hydrogen-bond donors (Lipinski definition) is 1. The van der Waals surface area contributed by atoms with Crippen molar-refractivity contribution < 1.29 is 9.53 Å². The monoisotopic (exact) mass is 417 g/mol. The second kappa shape index (κ2) is 4.65. The number of carbonyl (C=O) groups is 1. The average molecular weight is 418 g/mol. The van der Waals surface area contributed by atoms with Crippen LogP contribution in [0.2, 0.25) is 0 Å². The third-order valence-corrected chi connectivity index (χ3v) is 7.68. The van der Waals surface area contributed by atoms with Crippen LogP contribution >= 0.6 is 27.3 Å². The van der Waals surface area contributed by atoms with Crippen molar-refractivity contribution >= 4 is 39.1 Å². The average Bonchev–Trinajstić information content (AvgIpc) is 2.93. The number of hydrogen-bond acceptors (Lipinski definition) is 5. The first kappa shape index (κ1) is 15.4. The molecule has 3 atom stereocenters. The molecule has 2 aliphatic carbocycles. The summed E-state index contributed by atoms with van der Waals surface area (Å²) in [4.78, 5) is 20.9. The third-order valence-electron chi connectivity index (χ3n) is 5.93. The Morgan fingerprint density at radius 1 is 1.40 bits per heavy atom. The van der Waals surface area contributed by atoms with Gasteiger partial charge in [-0.1, -0.05) is 6.07 Å². The van der Waals surface area contributed by atoms with Crippen LogP contribution in [0.3, 0.4) is 0 Å². The van der Waals surface area contributed by atoms with Crippen LogP contribution in [0.1, 0.15) is 16.0 Å². The van der Waals surface area contributed by atoms with Crippen LogP contribution in [0.15, 0.2) is 39.1 Å². The molecule has 1 aliphatic heterocycles. The number of benzene rings is 1. The lowest BCUT2D eigenvalue weighted by Gasteiger charge is -2.32. The van der Waals surface area contributed by atoms with Crippen molar-refractivity contribution in [3.63, 3.8) is 0 Å². The maximum absolute atomic E-state index is 13.4. The van der Waals surface area contributed by atoms with Gasteiger partial charge in [0.1, 0.15) is 16.7 Å². The van der Waals surface area contributed by atoms with Crippen LogP contribution in [0, 0.1) is 5.92 Å². The predicted molar refractivity (Wildman–Crippen MR) is 100.0 cm³/mol. The second-order valence-electron chi connectivity index (χ2n) is 6.79. The Hall–Kier alpha value is -1.86. The molecule has 0 radical (unpaired) electrons. The fraction of sp³-hybridized carbons (Fsp3) is 0.333. The summed E-state index contributed by atoms with van der Waals surface area (Å²) >= 11 is 5.17. The van der Waals surface area contributed by atoms with Gasteiger partial charge < -0.3 is 10.5 Å². The van der Waals surface area contributed by atoms with Crippen molar-refractivity contribution in [1.29, 1.82) is 0 Å². The van der Waals surface area contributed by atoms with E-state index in [-0.39, 0.29) is 11.8 Å². The van der Waals surface area contributed by atoms with Gasteiger partial charge in [0.25, 0.3) is 0 Å². The number of aliphatic imine (C=N–C) groups is 1. The molecule has 2 N–H and O–H groups in total. The molecule has 1 saturated carbocycles. The van der Waals surface area contributed by atoms with Crippen LogP contribution in [-0.4, -0.2) is 30.9 Å². The minimum atomic E-state index is -0.642. The molecule has 25 heavy (non-hydrogen) atoms. The molecule has 5 nitrogen and oxygen atoms in total. The van der Waals surface area contributed by atoms with E-state index in [1.807, 2.05) is 24.3 Å². The lowest BCUT2D eigenvalue weighted by molar-refractivity contribution is -0.130. The van der Waals surface area contributed by atoms with Crippen molar-refractivity contribution in [3.8, 4) is 5.75 Å². The Balaban J connectivity index is 1.78. The molecular formula is C18H16BrN3O2S.